The van der Waals surface area contributed by atoms with Gasteiger partial charge in [0.15, 0.2) is 0 Å². The van der Waals surface area contributed by atoms with Gasteiger partial charge in [-0.05, 0) is 42.0 Å². The van der Waals surface area contributed by atoms with Gasteiger partial charge >= 0.3 is 0 Å². The standard InChI is InChI=1S/C12H11/c1-8-7-10-4-2-3-9-5-6-11(8)12(9)10/h2-4,7H,5-6H2,1H3. The van der Waals surface area contributed by atoms with E-state index in [4.69, 9.17) is 0 Å². The van der Waals surface area contributed by atoms with E-state index >= 15 is 0 Å². The van der Waals surface area contributed by atoms with Crippen LogP contribution in [0.1, 0.15) is 30.0 Å². The molecule has 2 aliphatic rings. The van der Waals surface area contributed by atoms with E-state index in [1.807, 2.05) is 0 Å². The lowest BCUT2D eigenvalue weighted by molar-refractivity contribution is 1.07. The summed E-state index contributed by atoms with van der Waals surface area (Å²) < 4.78 is 0. The van der Waals surface area contributed by atoms with E-state index in [-0.39, 0.29) is 0 Å². The van der Waals surface area contributed by atoms with Gasteiger partial charge in [-0.3, -0.25) is 0 Å². The van der Waals surface area contributed by atoms with Crippen molar-refractivity contribution in [3.8, 4) is 0 Å². The van der Waals surface area contributed by atoms with Crippen LogP contribution in [0.15, 0.2) is 23.8 Å². The van der Waals surface area contributed by atoms with Crippen LogP contribution in [-0.4, -0.2) is 0 Å². The largest absolute Gasteiger partial charge is 0.0617 e. The van der Waals surface area contributed by atoms with E-state index < -0.39 is 0 Å². The second-order valence-corrected chi connectivity index (χ2v) is 3.69. The molecule has 3 rings (SSSR count). The first-order chi connectivity index (χ1) is 5.86. The molecule has 0 unspecified atom stereocenters. The first kappa shape index (κ1) is 6.47. The molecule has 1 aromatic carbocycles. The molecule has 0 amide bonds. The van der Waals surface area contributed by atoms with Crippen molar-refractivity contribution in [3.63, 3.8) is 0 Å². The van der Waals surface area contributed by atoms with Crippen molar-refractivity contribution in [1.29, 1.82) is 0 Å². The summed E-state index contributed by atoms with van der Waals surface area (Å²) in [6, 6.07) is 6.66. The van der Waals surface area contributed by atoms with Crippen LogP contribution in [0.25, 0.3) is 5.57 Å². The molecule has 1 radical (unpaired) electrons. The van der Waals surface area contributed by atoms with Gasteiger partial charge in [-0.2, -0.15) is 0 Å². The smallest absolute Gasteiger partial charge is 0.0164 e. The van der Waals surface area contributed by atoms with Crippen molar-refractivity contribution in [2.75, 3.05) is 0 Å². The molecule has 0 heteroatoms. The van der Waals surface area contributed by atoms with Crippen LogP contribution < -0.4 is 0 Å². The van der Waals surface area contributed by atoms with E-state index in [1.165, 1.54) is 24.0 Å². The van der Waals surface area contributed by atoms with Crippen LogP contribution in [0.5, 0.6) is 0 Å². The lowest BCUT2D eigenvalue weighted by Gasteiger charge is -1.99. The maximum Gasteiger partial charge on any atom is 0.0164 e. The minimum atomic E-state index is 1.25. The van der Waals surface area contributed by atoms with Crippen LogP contribution >= 0.6 is 0 Å². The number of allylic oxidation sites excluding steroid dienone is 2. The predicted molar refractivity (Wildman–Crippen MR) is 50.8 cm³/mol. The average Bonchev–Trinajstić information content (AvgIpc) is 2.60. The Morgan fingerprint density at radius 2 is 2.08 bits per heavy atom. The van der Waals surface area contributed by atoms with E-state index in [0.29, 0.717) is 0 Å². The highest BCUT2D eigenvalue weighted by Gasteiger charge is 2.25. The number of hydrogen-bond acceptors (Lipinski definition) is 0. The van der Waals surface area contributed by atoms with E-state index in [0.717, 1.165) is 0 Å². The molecule has 0 heterocycles. The third-order valence-electron chi connectivity index (χ3n) is 2.98. The fourth-order valence-corrected chi connectivity index (χ4v) is 2.42. The van der Waals surface area contributed by atoms with Crippen molar-refractivity contribution in [3.05, 3.63) is 46.9 Å². The molecule has 12 heavy (non-hydrogen) atoms. The second kappa shape index (κ2) is 2.01. The van der Waals surface area contributed by atoms with Gasteiger partial charge < -0.3 is 0 Å². The highest BCUT2D eigenvalue weighted by Crippen LogP contribution is 2.43. The SMILES string of the molecule is CC1=C2CCc3cccc(c32)[CH]1. The first-order valence-corrected chi connectivity index (χ1v) is 4.53. The number of aryl methyl sites for hydroxylation is 1. The summed E-state index contributed by atoms with van der Waals surface area (Å²) in [5.41, 5.74) is 7.62. The predicted octanol–water partition coefficient (Wildman–Crippen LogP) is 2.97. The molecular weight excluding hydrogens is 144 g/mol. The zero-order valence-corrected chi connectivity index (χ0v) is 7.22. The Kier molecular flexibility index (Phi) is 1.08. The van der Waals surface area contributed by atoms with Gasteiger partial charge in [-0.25, -0.2) is 0 Å². The van der Waals surface area contributed by atoms with Gasteiger partial charge in [0.1, 0.15) is 0 Å². The topological polar surface area (TPSA) is 0 Å². The molecule has 0 fully saturated rings. The fourth-order valence-electron chi connectivity index (χ4n) is 2.42. The lowest BCUT2D eigenvalue weighted by Crippen LogP contribution is -1.84. The number of benzene rings is 1. The monoisotopic (exact) mass is 155 g/mol. The highest BCUT2D eigenvalue weighted by atomic mass is 14.3. The Morgan fingerprint density at radius 1 is 1.17 bits per heavy atom. The van der Waals surface area contributed by atoms with Crippen molar-refractivity contribution < 1.29 is 0 Å². The Hall–Kier alpha value is -1.04. The molecular formula is C12H11. The minimum absolute atomic E-state index is 1.25. The van der Waals surface area contributed by atoms with Gasteiger partial charge in [-0.1, -0.05) is 23.8 Å². The van der Waals surface area contributed by atoms with Crippen molar-refractivity contribution in [1.82, 2.24) is 0 Å². The molecule has 0 nitrogen and oxygen atoms in total. The molecule has 0 bridgehead atoms. The second-order valence-electron chi connectivity index (χ2n) is 3.69. The number of rotatable bonds is 0. The molecule has 1 aromatic rings. The maximum absolute atomic E-state index is 2.31. The van der Waals surface area contributed by atoms with Crippen molar-refractivity contribution >= 4 is 5.57 Å². The van der Waals surface area contributed by atoms with Crippen LogP contribution in [0.3, 0.4) is 0 Å². The van der Waals surface area contributed by atoms with Crippen LogP contribution in [0.2, 0.25) is 0 Å². The van der Waals surface area contributed by atoms with E-state index in [9.17, 15) is 0 Å². The molecule has 0 saturated heterocycles. The van der Waals surface area contributed by atoms with Gasteiger partial charge in [0.2, 0.25) is 0 Å². The van der Waals surface area contributed by atoms with Crippen molar-refractivity contribution in [2.45, 2.75) is 19.8 Å². The highest BCUT2D eigenvalue weighted by molar-refractivity contribution is 5.84. The third-order valence-corrected chi connectivity index (χ3v) is 2.98. The quantitative estimate of drug-likeness (QED) is 0.540. The average molecular weight is 155 g/mol. The summed E-state index contributed by atoms with van der Waals surface area (Å²) in [5, 5.41) is 0. The normalized spacial score (nSPS) is 18.8. The molecule has 59 valence electrons. The zero-order valence-electron chi connectivity index (χ0n) is 7.22. The van der Waals surface area contributed by atoms with Gasteiger partial charge in [0.25, 0.3) is 0 Å². The van der Waals surface area contributed by atoms with Crippen LogP contribution in [0, 0.1) is 6.42 Å². The first-order valence-electron chi connectivity index (χ1n) is 4.53. The molecule has 0 aromatic heterocycles. The Balaban J connectivity index is 2.37. The van der Waals surface area contributed by atoms with E-state index in [2.05, 4.69) is 31.5 Å². The molecule has 0 spiro atoms. The minimum Gasteiger partial charge on any atom is -0.0617 e. The zero-order chi connectivity index (χ0) is 8.13. The summed E-state index contributed by atoms with van der Waals surface area (Å²) in [4.78, 5) is 0. The summed E-state index contributed by atoms with van der Waals surface area (Å²) in [7, 11) is 0. The maximum atomic E-state index is 2.31. The summed E-state index contributed by atoms with van der Waals surface area (Å²) in [6.07, 6.45) is 4.83. The Bertz CT molecular complexity index is 383. The summed E-state index contributed by atoms with van der Waals surface area (Å²) in [5.74, 6) is 0. The lowest BCUT2D eigenvalue weighted by atomic mass is 10.1. The molecule has 0 saturated carbocycles. The van der Waals surface area contributed by atoms with Crippen LogP contribution in [0.4, 0.5) is 0 Å². The van der Waals surface area contributed by atoms with Gasteiger partial charge in [0.05, 0.1) is 0 Å². The number of hydrogen-bond donors (Lipinski definition) is 0. The molecule has 0 aliphatic heterocycles. The molecule has 0 atom stereocenters. The van der Waals surface area contributed by atoms with E-state index in [1.54, 1.807) is 16.7 Å². The fraction of sp³-hybridized carbons (Fsp3) is 0.250. The van der Waals surface area contributed by atoms with Gasteiger partial charge in [-0.15, -0.1) is 0 Å². The van der Waals surface area contributed by atoms with Crippen molar-refractivity contribution in [2.24, 2.45) is 0 Å². The summed E-state index contributed by atoms with van der Waals surface area (Å²) in [6.45, 7) is 2.23. The van der Waals surface area contributed by atoms with Crippen LogP contribution in [-0.2, 0) is 6.42 Å². The summed E-state index contributed by atoms with van der Waals surface area (Å²) >= 11 is 0. The Morgan fingerprint density at radius 3 is 3.00 bits per heavy atom. The van der Waals surface area contributed by atoms with Gasteiger partial charge in [0, 0.05) is 6.42 Å². The molecule has 2 aliphatic carbocycles. The third kappa shape index (κ3) is 0.632. The Labute approximate surface area is 72.9 Å². The molecule has 0 N–H and O–H groups in total.